The van der Waals surface area contributed by atoms with E-state index in [9.17, 15) is 19.8 Å². The summed E-state index contributed by atoms with van der Waals surface area (Å²) in [6, 6.07) is 17.6. The van der Waals surface area contributed by atoms with Gasteiger partial charge in [-0.25, -0.2) is 19.6 Å². The number of benzene rings is 2. The van der Waals surface area contributed by atoms with Crippen LogP contribution in [-0.2, 0) is 11.2 Å². The molecule has 172 valence electrons. The number of aromatic nitrogens is 2. The number of carboxylic acids is 2. The van der Waals surface area contributed by atoms with E-state index in [-0.39, 0.29) is 17.8 Å². The molecule has 0 spiro atoms. The van der Waals surface area contributed by atoms with Gasteiger partial charge in [0.05, 0.1) is 5.52 Å². The number of aliphatic carboxylic acids is 1. The van der Waals surface area contributed by atoms with E-state index in [1.807, 2.05) is 19.1 Å². The lowest BCUT2D eigenvalue weighted by Crippen LogP contribution is -2.32. The maximum atomic E-state index is 11.9. The summed E-state index contributed by atoms with van der Waals surface area (Å²) in [7, 11) is 0. The number of fused-ring (bicyclic) bond motifs is 1. The van der Waals surface area contributed by atoms with Crippen molar-refractivity contribution in [1.29, 1.82) is 0 Å². The molecule has 0 aliphatic heterocycles. The highest BCUT2D eigenvalue weighted by Gasteiger charge is 2.22. The van der Waals surface area contributed by atoms with Gasteiger partial charge < -0.3 is 20.3 Å². The van der Waals surface area contributed by atoms with Crippen LogP contribution in [0, 0.1) is 6.92 Å². The Balaban J connectivity index is 1.54. The number of rotatable bonds is 8. The Morgan fingerprint density at radius 1 is 1.03 bits per heavy atom. The molecular formula is C25H20ClN3O5. The molecule has 1 atom stereocenters. The lowest BCUT2D eigenvalue weighted by Gasteiger charge is -2.17. The van der Waals surface area contributed by atoms with Gasteiger partial charge in [-0.05, 0) is 55.0 Å². The minimum atomic E-state index is -1.23. The molecular weight excluding hydrogens is 458 g/mol. The molecule has 34 heavy (non-hydrogen) atoms. The summed E-state index contributed by atoms with van der Waals surface area (Å²) in [6.45, 7) is 1.87. The van der Waals surface area contributed by atoms with Crippen LogP contribution in [-0.4, -0.2) is 38.2 Å². The van der Waals surface area contributed by atoms with Crippen LogP contribution in [0.3, 0.4) is 0 Å². The Morgan fingerprint density at radius 2 is 1.79 bits per heavy atom. The molecule has 0 saturated carbocycles. The van der Waals surface area contributed by atoms with Crippen molar-refractivity contribution in [3.05, 3.63) is 88.6 Å². The van der Waals surface area contributed by atoms with E-state index in [0.29, 0.717) is 33.1 Å². The first kappa shape index (κ1) is 23.0. The van der Waals surface area contributed by atoms with E-state index >= 15 is 0 Å². The lowest BCUT2D eigenvalue weighted by atomic mass is 10.0. The highest BCUT2D eigenvalue weighted by Crippen LogP contribution is 2.25. The predicted octanol–water partition coefficient (Wildman–Crippen LogP) is 5.19. The maximum absolute atomic E-state index is 11.9. The first-order chi connectivity index (χ1) is 16.3. The van der Waals surface area contributed by atoms with Gasteiger partial charge in [0.15, 0.2) is 0 Å². The first-order valence-corrected chi connectivity index (χ1v) is 10.7. The number of nitrogens with zero attached hydrogens (tertiary/aromatic N) is 2. The van der Waals surface area contributed by atoms with Crippen molar-refractivity contribution in [2.45, 2.75) is 19.4 Å². The van der Waals surface area contributed by atoms with Crippen LogP contribution in [0.25, 0.3) is 10.9 Å². The summed E-state index contributed by atoms with van der Waals surface area (Å²) in [5, 5.41) is 23.2. The van der Waals surface area contributed by atoms with Gasteiger partial charge >= 0.3 is 11.9 Å². The van der Waals surface area contributed by atoms with Crippen LogP contribution in [0.4, 0.5) is 5.82 Å². The van der Waals surface area contributed by atoms with Crippen molar-refractivity contribution < 1.29 is 24.5 Å². The average molecular weight is 478 g/mol. The molecule has 0 fully saturated rings. The third-order valence-corrected chi connectivity index (χ3v) is 5.30. The zero-order valence-corrected chi connectivity index (χ0v) is 18.8. The molecule has 2 aromatic carbocycles. The van der Waals surface area contributed by atoms with Gasteiger partial charge in [0.2, 0.25) is 5.88 Å². The first-order valence-electron chi connectivity index (χ1n) is 10.3. The predicted molar refractivity (Wildman–Crippen MR) is 128 cm³/mol. The largest absolute Gasteiger partial charge is 0.480 e. The van der Waals surface area contributed by atoms with Gasteiger partial charge in [0, 0.05) is 28.6 Å². The number of carboxylic acid groups (broad SMARTS) is 2. The van der Waals surface area contributed by atoms with Crippen LogP contribution in [0.15, 0.2) is 66.7 Å². The van der Waals surface area contributed by atoms with Crippen molar-refractivity contribution in [3.8, 4) is 11.6 Å². The van der Waals surface area contributed by atoms with Crippen LogP contribution in [0.5, 0.6) is 11.6 Å². The minimum absolute atomic E-state index is 0.0276. The molecule has 3 N–H and O–H groups in total. The summed E-state index contributed by atoms with van der Waals surface area (Å²) in [6.07, 6.45) is 0.0949. The van der Waals surface area contributed by atoms with E-state index in [1.54, 1.807) is 48.5 Å². The fraction of sp³-hybridized carbons (Fsp3) is 0.120. The van der Waals surface area contributed by atoms with Gasteiger partial charge in [0.25, 0.3) is 0 Å². The molecule has 8 nitrogen and oxygen atoms in total. The zero-order valence-electron chi connectivity index (χ0n) is 18.0. The second-order valence-electron chi connectivity index (χ2n) is 7.63. The second-order valence-corrected chi connectivity index (χ2v) is 8.07. The fourth-order valence-corrected chi connectivity index (χ4v) is 3.59. The summed E-state index contributed by atoms with van der Waals surface area (Å²) in [4.78, 5) is 32.4. The SMILES string of the molecule is Cc1cccc(Oc2ccc(C[C@H](Nc3nc4ccc(Cl)cc4cc3C(=O)O)C(=O)O)cc2)n1. The maximum Gasteiger partial charge on any atom is 0.339 e. The molecule has 9 heteroatoms. The molecule has 0 saturated heterocycles. The van der Waals surface area contributed by atoms with Crippen molar-refractivity contribution in [2.24, 2.45) is 0 Å². The smallest absolute Gasteiger partial charge is 0.339 e. The van der Waals surface area contributed by atoms with Gasteiger partial charge in [-0.15, -0.1) is 0 Å². The van der Waals surface area contributed by atoms with E-state index < -0.39 is 18.0 Å². The number of anilines is 1. The molecule has 4 rings (SSSR count). The molecule has 0 amide bonds. The summed E-state index contributed by atoms with van der Waals surface area (Å²) in [5.41, 5.74) is 1.90. The van der Waals surface area contributed by atoms with E-state index in [2.05, 4.69) is 15.3 Å². The molecule has 2 aromatic heterocycles. The number of ether oxygens (including phenoxy) is 1. The number of aryl methyl sites for hydroxylation is 1. The molecule has 0 bridgehead atoms. The topological polar surface area (TPSA) is 122 Å². The number of carbonyl (C=O) groups is 2. The Bertz CT molecular complexity index is 1380. The average Bonchev–Trinajstić information content (AvgIpc) is 2.79. The minimum Gasteiger partial charge on any atom is -0.480 e. The van der Waals surface area contributed by atoms with Gasteiger partial charge in [0.1, 0.15) is 23.2 Å². The van der Waals surface area contributed by atoms with Crippen LogP contribution in [0.2, 0.25) is 5.02 Å². The van der Waals surface area contributed by atoms with E-state index in [4.69, 9.17) is 16.3 Å². The Hall–Kier alpha value is -4.17. The number of halogens is 1. The van der Waals surface area contributed by atoms with E-state index in [1.165, 1.54) is 6.07 Å². The summed E-state index contributed by atoms with van der Waals surface area (Å²) >= 11 is 5.99. The number of aromatic carboxylic acids is 1. The van der Waals surface area contributed by atoms with Crippen molar-refractivity contribution in [3.63, 3.8) is 0 Å². The normalized spacial score (nSPS) is 11.7. The molecule has 0 aliphatic rings. The van der Waals surface area contributed by atoms with Crippen molar-refractivity contribution in [1.82, 2.24) is 9.97 Å². The van der Waals surface area contributed by atoms with Crippen molar-refractivity contribution in [2.75, 3.05) is 5.32 Å². The highest BCUT2D eigenvalue weighted by molar-refractivity contribution is 6.31. The second kappa shape index (κ2) is 9.76. The monoisotopic (exact) mass is 477 g/mol. The van der Waals surface area contributed by atoms with Gasteiger partial charge in [-0.1, -0.05) is 29.8 Å². The third-order valence-electron chi connectivity index (χ3n) is 5.06. The number of pyridine rings is 2. The molecule has 0 unspecified atom stereocenters. The Labute approximate surface area is 199 Å². The Kier molecular flexibility index (Phi) is 6.60. The fourth-order valence-electron chi connectivity index (χ4n) is 3.41. The third kappa shape index (κ3) is 5.41. The van der Waals surface area contributed by atoms with Crippen LogP contribution in [0.1, 0.15) is 21.6 Å². The molecule has 4 aromatic rings. The van der Waals surface area contributed by atoms with Crippen molar-refractivity contribution >= 4 is 40.3 Å². The number of nitrogens with one attached hydrogen (secondary N) is 1. The Morgan fingerprint density at radius 3 is 2.47 bits per heavy atom. The zero-order chi connectivity index (χ0) is 24.2. The quantitative estimate of drug-likeness (QED) is 0.317. The lowest BCUT2D eigenvalue weighted by molar-refractivity contribution is -0.137. The number of hydrogen-bond acceptors (Lipinski definition) is 6. The summed E-state index contributed by atoms with van der Waals surface area (Å²) < 4.78 is 5.73. The van der Waals surface area contributed by atoms with Crippen LogP contribution >= 0.6 is 11.6 Å². The van der Waals surface area contributed by atoms with E-state index in [0.717, 1.165) is 5.69 Å². The van der Waals surface area contributed by atoms with Crippen LogP contribution < -0.4 is 10.1 Å². The highest BCUT2D eigenvalue weighted by atomic mass is 35.5. The summed E-state index contributed by atoms with van der Waals surface area (Å²) in [5.74, 6) is -1.38. The standard InChI is InChI=1S/C25H20ClN3O5/c1-14-3-2-4-22(27-14)34-18-8-5-15(6-9-18)11-21(25(32)33)29-23-19(24(30)31)13-16-12-17(26)7-10-20(16)28-23/h2-10,12-13,21H,11H2,1H3,(H,28,29)(H,30,31)(H,32,33)/t21-/m0/s1. The van der Waals surface area contributed by atoms with Gasteiger partial charge in [-0.2, -0.15) is 0 Å². The molecule has 2 heterocycles. The van der Waals surface area contributed by atoms with Gasteiger partial charge in [-0.3, -0.25) is 0 Å². The molecule has 0 radical (unpaired) electrons. The number of hydrogen-bond donors (Lipinski definition) is 3. The molecule has 0 aliphatic carbocycles.